The van der Waals surface area contributed by atoms with Gasteiger partial charge in [0.05, 0.1) is 0 Å². The highest BCUT2D eigenvalue weighted by atomic mass is 19.1. The van der Waals surface area contributed by atoms with Crippen LogP contribution in [0.2, 0.25) is 0 Å². The summed E-state index contributed by atoms with van der Waals surface area (Å²) >= 11 is 0. The van der Waals surface area contributed by atoms with Crippen LogP contribution in [0.3, 0.4) is 0 Å². The van der Waals surface area contributed by atoms with Gasteiger partial charge in [-0.05, 0) is 19.9 Å². The summed E-state index contributed by atoms with van der Waals surface area (Å²) in [5.41, 5.74) is 1.99. The molecule has 1 N–H and O–H groups in total. The first-order valence-electron chi connectivity index (χ1n) is 4.17. The van der Waals surface area contributed by atoms with Crippen LogP contribution in [0, 0.1) is 5.95 Å². The lowest BCUT2D eigenvalue weighted by Crippen LogP contribution is -1.99. The van der Waals surface area contributed by atoms with Gasteiger partial charge < -0.3 is 5.32 Å². The van der Waals surface area contributed by atoms with Crippen molar-refractivity contribution in [3.63, 3.8) is 0 Å². The van der Waals surface area contributed by atoms with Gasteiger partial charge in [-0.3, -0.25) is 0 Å². The Labute approximate surface area is 77.5 Å². The van der Waals surface area contributed by atoms with Crippen molar-refractivity contribution in [1.29, 1.82) is 0 Å². The van der Waals surface area contributed by atoms with E-state index in [-0.39, 0.29) is 0 Å². The van der Waals surface area contributed by atoms with Gasteiger partial charge in [0.1, 0.15) is 0 Å². The number of anilines is 1. The zero-order chi connectivity index (χ0) is 9.68. The Bertz CT molecular complexity index is 304. The third-order valence-corrected chi connectivity index (χ3v) is 1.54. The summed E-state index contributed by atoms with van der Waals surface area (Å²) < 4.78 is 12.6. The van der Waals surface area contributed by atoms with Crippen LogP contribution in [0.4, 0.5) is 10.1 Å². The second-order valence-corrected chi connectivity index (χ2v) is 3.03. The molecule has 0 aliphatic rings. The Morgan fingerprint density at radius 3 is 3.00 bits per heavy atom. The summed E-state index contributed by atoms with van der Waals surface area (Å²) in [6.07, 6.45) is 3.48. The van der Waals surface area contributed by atoms with Gasteiger partial charge in [0.2, 0.25) is 5.95 Å². The van der Waals surface area contributed by atoms with Gasteiger partial charge in [-0.25, -0.2) is 4.98 Å². The minimum atomic E-state index is -0.456. The van der Waals surface area contributed by atoms with E-state index in [1.165, 1.54) is 17.8 Å². The van der Waals surface area contributed by atoms with Crippen molar-refractivity contribution < 1.29 is 4.39 Å². The molecule has 0 unspecified atom stereocenters. The molecule has 3 heteroatoms. The maximum atomic E-state index is 12.6. The zero-order valence-corrected chi connectivity index (χ0v) is 7.84. The molecule has 0 aliphatic carbocycles. The number of hydrogen-bond acceptors (Lipinski definition) is 2. The van der Waals surface area contributed by atoms with Crippen LogP contribution >= 0.6 is 0 Å². The highest BCUT2D eigenvalue weighted by Gasteiger charge is 1.92. The van der Waals surface area contributed by atoms with Crippen molar-refractivity contribution >= 4 is 5.69 Å². The van der Waals surface area contributed by atoms with Gasteiger partial charge in [-0.15, -0.1) is 0 Å². The average molecular weight is 180 g/mol. The smallest absolute Gasteiger partial charge is 0.214 e. The molecule has 1 aromatic rings. The molecule has 1 rings (SSSR count). The predicted molar refractivity (Wildman–Crippen MR) is 52.1 cm³/mol. The van der Waals surface area contributed by atoms with Gasteiger partial charge in [0, 0.05) is 24.5 Å². The highest BCUT2D eigenvalue weighted by molar-refractivity contribution is 5.41. The third kappa shape index (κ3) is 3.69. The second-order valence-electron chi connectivity index (χ2n) is 3.03. The number of nitrogens with one attached hydrogen (secondary N) is 1. The number of hydrogen-bond donors (Lipinski definition) is 1. The van der Waals surface area contributed by atoms with Crippen molar-refractivity contribution in [2.45, 2.75) is 13.8 Å². The molecule has 0 radical (unpaired) electrons. The molecule has 70 valence electrons. The molecule has 0 atom stereocenters. The molecule has 2 nitrogen and oxygen atoms in total. The number of halogens is 1. The Morgan fingerprint density at radius 2 is 2.38 bits per heavy atom. The van der Waals surface area contributed by atoms with E-state index in [0.29, 0.717) is 6.54 Å². The maximum Gasteiger partial charge on any atom is 0.214 e. The van der Waals surface area contributed by atoms with Crippen molar-refractivity contribution in [3.8, 4) is 0 Å². The van der Waals surface area contributed by atoms with Crippen LogP contribution in [-0.4, -0.2) is 11.5 Å². The minimum absolute atomic E-state index is 0.456. The van der Waals surface area contributed by atoms with E-state index >= 15 is 0 Å². The van der Waals surface area contributed by atoms with Gasteiger partial charge in [-0.2, -0.15) is 4.39 Å². The van der Waals surface area contributed by atoms with E-state index in [1.54, 1.807) is 6.07 Å². The third-order valence-electron chi connectivity index (χ3n) is 1.54. The van der Waals surface area contributed by atoms with E-state index in [0.717, 1.165) is 5.69 Å². The van der Waals surface area contributed by atoms with Crippen LogP contribution in [0.25, 0.3) is 0 Å². The van der Waals surface area contributed by atoms with E-state index in [2.05, 4.69) is 10.3 Å². The van der Waals surface area contributed by atoms with E-state index < -0.39 is 5.95 Å². The molecule has 1 aromatic heterocycles. The standard InChI is InChI=1S/C10H13FN2/c1-8(2)3-5-12-9-4-6-13-10(11)7-9/h3-4,6-7H,5H2,1-2H3,(H,12,13). The molecule has 0 saturated carbocycles. The molecule has 1 heterocycles. The van der Waals surface area contributed by atoms with Gasteiger partial charge in [-0.1, -0.05) is 11.6 Å². The summed E-state index contributed by atoms with van der Waals surface area (Å²) in [4.78, 5) is 3.46. The van der Waals surface area contributed by atoms with Gasteiger partial charge in [0.25, 0.3) is 0 Å². The second kappa shape index (κ2) is 4.60. The number of rotatable bonds is 3. The van der Waals surface area contributed by atoms with Gasteiger partial charge >= 0.3 is 0 Å². The predicted octanol–water partition coefficient (Wildman–Crippen LogP) is 2.60. The Morgan fingerprint density at radius 1 is 1.62 bits per heavy atom. The van der Waals surface area contributed by atoms with Crippen molar-refractivity contribution in [3.05, 3.63) is 35.9 Å². The summed E-state index contributed by atoms with van der Waals surface area (Å²) in [6, 6.07) is 3.11. The molecule has 13 heavy (non-hydrogen) atoms. The van der Waals surface area contributed by atoms with Crippen molar-refractivity contribution in [2.75, 3.05) is 11.9 Å². The van der Waals surface area contributed by atoms with E-state index in [4.69, 9.17) is 0 Å². The molecule has 0 bridgehead atoms. The zero-order valence-electron chi connectivity index (χ0n) is 7.84. The topological polar surface area (TPSA) is 24.9 Å². The molecule has 0 spiro atoms. The molecule has 0 saturated heterocycles. The lowest BCUT2D eigenvalue weighted by molar-refractivity contribution is 0.584. The quantitative estimate of drug-likeness (QED) is 0.571. The number of nitrogens with zero attached hydrogens (tertiary/aromatic N) is 1. The summed E-state index contributed by atoms with van der Waals surface area (Å²) in [7, 11) is 0. The van der Waals surface area contributed by atoms with Crippen LogP contribution in [0.15, 0.2) is 30.0 Å². The van der Waals surface area contributed by atoms with Crippen LogP contribution in [-0.2, 0) is 0 Å². The Hall–Kier alpha value is -1.38. The monoisotopic (exact) mass is 180 g/mol. The molecule has 0 fully saturated rings. The SMILES string of the molecule is CC(C)=CCNc1ccnc(F)c1. The first kappa shape index (κ1) is 9.71. The Balaban J connectivity index is 2.50. The van der Waals surface area contributed by atoms with Gasteiger partial charge in [0.15, 0.2) is 0 Å². The fourth-order valence-corrected chi connectivity index (χ4v) is 0.885. The first-order chi connectivity index (χ1) is 6.18. The lowest BCUT2D eigenvalue weighted by atomic mass is 10.3. The number of pyridine rings is 1. The van der Waals surface area contributed by atoms with Crippen LogP contribution in [0.1, 0.15) is 13.8 Å². The summed E-state index contributed by atoms with van der Waals surface area (Å²) in [5, 5.41) is 3.06. The molecular weight excluding hydrogens is 167 g/mol. The Kier molecular flexibility index (Phi) is 3.43. The fourth-order valence-electron chi connectivity index (χ4n) is 0.885. The summed E-state index contributed by atoms with van der Waals surface area (Å²) in [6.45, 7) is 4.76. The lowest BCUT2D eigenvalue weighted by Gasteiger charge is -2.02. The largest absolute Gasteiger partial charge is 0.381 e. The minimum Gasteiger partial charge on any atom is -0.381 e. The average Bonchev–Trinajstić information content (AvgIpc) is 2.03. The van der Waals surface area contributed by atoms with E-state index in [9.17, 15) is 4.39 Å². The summed E-state index contributed by atoms with van der Waals surface area (Å²) in [5.74, 6) is -0.456. The van der Waals surface area contributed by atoms with Crippen molar-refractivity contribution in [2.24, 2.45) is 0 Å². The fraction of sp³-hybridized carbons (Fsp3) is 0.300. The number of allylic oxidation sites excluding steroid dienone is 1. The normalized spacial score (nSPS) is 9.46. The van der Waals surface area contributed by atoms with Crippen LogP contribution in [0.5, 0.6) is 0 Å². The number of aromatic nitrogens is 1. The molecule has 0 amide bonds. The highest BCUT2D eigenvalue weighted by Crippen LogP contribution is 2.05. The molecular formula is C10H13FN2. The molecule has 0 aromatic carbocycles. The van der Waals surface area contributed by atoms with E-state index in [1.807, 2.05) is 19.9 Å². The maximum absolute atomic E-state index is 12.6. The molecule has 0 aliphatic heterocycles. The van der Waals surface area contributed by atoms with Crippen LogP contribution < -0.4 is 5.32 Å². The first-order valence-corrected chi connectivity index (χ1v) is 4.17. The van der Waals surface area contributed by atoms with Crippen molar-refractivity contribution in [1.82, 2.24) is 4.98 Å².